The van der Waals surface area contributed by atoms with E-state index in [0.29, 0.717) is 5.70 Å². The lowest BCUT2D eigenvalue weighted by Gasteiger charge is -2.10. The highest BCUT2D eigenvalue weighted by molar-refractivity contribution is 7.04. The molecule has 0 spiro atoms. The number of carbonyl (C=O) groups is 1. The van der Waals surface area contributed by atoms with Gasteiger partial charge in [0.2, 0.25) is 0 Å². The molecule has 0 atom stereocenters. The molecule has 0 aliphatic heterocycles. The van der Waals surface area contributed by atoms with E-state index in [0.717, 1.165) is 0 Å². The van der Waals surface area contributed by atoms with Crippen LogP contribution in [-0.2, 0) is 4.79 Å². The Kier molecular flexibility index (Phi) is 2.84. The molecule has 0 heterocycles. The molecule has 0 aromatic carbocycles. The van der Waals surface area contributed by atoms with Crippen molar-refractivity contribution in [2.24, 2.45) is 5.73 Å². The molecule has 58 valence electrons. The highest BCUT2D eigenvalue weighted by Crippen LogP contribution is 2.03. The fourth-order valence-corrected chi connectivity index (χ4v) is 1.08. The summed E-state index contributed by atoms with van der Waals surface area (Å²) in [4.78, 5) is 11.2. The Morgan fingerprint density at radius 2 is 1.80 bits per heavy atom. The predicted octanol–water partition coefficient (Wildman–Crippen LogP) is 1.30. The van der Waals surface area contributed by atoms with Gasteiger partial charge in [-0.2, -0.15) is 0 Å². The quantitative estimate of drug-likeness (QED) is 0.485. The standard InChI is InChI=1S/C7H15NOSi/c1-6(8)5-7(9)10(2,3)4/h5H,8H2,1-4H3/b6-5-. The summed E-state index contributed by atoms with van der Waals surface area (Å²) >= 11 is 0. The molecule has 2 nitrogen and oxygen atoms in total. The second kappa shape index (κ2) is 3.01. The summed E-state index contributed by atoms with van der Waals surface area (Å²) in [5.74, 6) is 0. The third-order valence-electron chi connectivity index (χ3n) is 1.10. The van der Waals surface area contributed by atoms with Crippen molar-refractivity contribution in [3.05, 3.63) is 11.8 Å². The highest BCUT2D eigenvalue weighted by atomic mass is 28.3. The van der Waals surface area contributed by atoms with Crippen LogP contribution in [0.1, 0.15) is 6.92 Å². The minimum atomic E-state index is -1.62. The van der Waals surface area contributed by atoms with Gasteiger partial charge in [-0.05, 0) is 13.0 Å². The van der Waals surface area contributed by atoms with Gasteiger partial charge in [-0.15, -0.1) is 0 Å². The van der Waals surface area contributed by atoms with Crippen molar-refractivity contribution in [1.29, 1.82) is 0 Å². The Labute approximate surface area is 63.1 Å². The molecular weight excluding hydrogens is 142 g/mol. The van der Waals surface area contributed by atoms with Crippen molar-refractivity contribution in [2.45, 2.75) is 26.6 Å². The Hall–Kier alpha value is -0.573. The third kappa shape index (κ3) is 3.45. The lowest BCUT2D eigenvalue weighted by molar-refractivity contribution is -0.108. The van der Waals surface area contributed by atoms with Crippen molar-refractivity contribution in [2.75, 3.05) is 0 Å². The first-order valence-electron chi connectivity index (χ1n) is 3.32. The first kappa shape index (κ1) is 9.43. The zero-order chi connectivity index (χ0) is 8.36. The van der Waals surface area contributed by atoms with Crippen LogP contribution in [0.5, 0.6) is 0 Å². The van der Waals surface area contributed by atoms with Gasteiger partial charge in [-0.3, -0.25) is 0 Å². The first-order chi connectivity index (χ1) is 4.34. The van der Waals surface area contributed by atoms with Crippen LogP contribution in [0.25, 0.3) is 0 Å². The van der Waals surface area contributed by atoms with Gasteiger partial charge in [0.1, 0.15) is 13.5 Å². The van der Waals surface area contributed by atoms with Gasteiger partial charge >= 0.3 is 0 Å². The number of hydrogen-bond acceptors (Lipinski definition) is 2. The van der Waals surface area contributed by atoms with Crippen LogP contribution in [-0.4, -0.2) is 13.5 Å². The second-order valence-corrected chi connectivity index (χ2v) is 8.50. The van der Waals surface area contributed by atoms with Gasteiger partial charge in [0.15, 0.2) is 0 Å². The normalized spacial score (nSPS) is 13.4. The molecule has 0 aliphatic carbocycles. The van der Waals surface area contributed by atoms with Crippen LogP contribution in [0.15, 0.2) is 11.8 Å². The number of rotatable bonds is 2. The fraction of sp³-hybridized carbons (Fsp3) is 0.571. The fourth-order valence-electron chi connectivity index (χ4n) is 0.423. The largest absolute Gasteiger partial charge is 0.402 e. The zero-order valence-electron chi connectivity index (χ0n) is 7.06. The molecule has 0 bridgehead atoms. The van der Waals surface area contributed by atoms with Crippen molar-refractivity contribution in [3.8, 4) is 0 Å². The van der Waals surface area contributed by atoms with Crippen LogP contribution in [0.3, 0.4) is 0 Å². The molecule has 3 heteroatoms. The molecule has 2 N–H and O–H groups in total. The Bertz CT molecular complexity index is 163. The maximum atomic E-state index is 11.2. The van der Waals surface area contributed by atoms with E-state index in [2.05, 4.69) is 0 Å². The molecular formula is C7H15NOSi. The summed E-state index contributed by atoms with van der Waals surface area (Å²) in [6.45, 7) is 7.76. The molecule has 0 saturated carbocycles. The molecule has 0 unspecified atom stereocenters. The molecule has 0 rings (SSSR count). The van der Waals surface area contributed by atoms with E-state index < -0.39 is 8.07 Å². The van der Waals surface area contributed by atoms with E-state index in [1.807, 2.05) is 19.6 Å². The molecule has 0 amide bonds. The van der Waals surface area contributed by atoms with E-state index in [4.69, 9.17) is 5.73 Å². The van der Waals surface area contributed by atoms with Crippen molar-refractivity contribution < 1.29 is 4.79 Å². The van der Waals surface area contributed by atoms with Gasteiger partial charge < -0.3 is 10.5 Å². The summed E-state index contributed by atoms with van der Waals surface area (Å²) in [7, 11) is -1.62. The number of allylic oxidation sites excluding steroid dienone is 2. The number of carbonyl (C=O) groups excluding carboxylic acids is 1. The maximum absolute atomic E-state index is 11.2. The van der Waals surface area contributed by atoms with Gasteiger partial charge in [0.05, 0.1) is 0 Å². The van der Waals surface area contributed by atoms with Gasteiger partial charge in [-0.25, -0.2) is 0 Å². The smallest absolute Gasteiger partial charge is 0.134 e. The predicted molar refractivity (Wildman–Crippen MR) is 46.3 cm³/mol. The van der Waals surface area contributed by atoms with Crippen LogP contribution in [0, 0.1) is 0 Å². The Morgan fingerprint density at radius 1 is 1.40 bits per heavy atom. The van der Waals surface area contributed by atoms with Crippen molar-refractivity contribution >= 4 is 13.5 Å². The van der Waals surface area contributed by atoms with Crippen LogP contribution in [0.2, 0.25) is 19.6 Å². The minimum absolute atomic E-state index is 0.215. The van der Waals surface area contributed by atoms with E-state index in [-0.39, 0.29) is 5.41 Å². The molecule has 10 heavy (non-hydrogen) atoms. The second-order valence-electron chi connectivity index (χ2n) is 3.50. The van der Waals surface area contributed by atoms with Crippen molar-refractivity contribution in [1.82, 2.24) is 0 Å². The summed E-state index contributed by atoms with van der Waals surface area (Å²) in [6, 6.07) is 0. The minimum Gasteiger partial charge on any atom is -0.402 e. The van der Waals surface area contributed by atoms with E-state index >= 15 is 0 Å². The average Bonchev–Trinajstić information content (AvgIpc) is 1.60. The van der Waals surface area contributed by atoms with Gasteiger partial charge in [0.25, 0.3) is 0 Å². The van der Waals surface area contributed by atoms with E-state index in [1.165, 1.54) is 6.08 Å². The SMILES string of the molecule is C/C(N)=C/C(=O)[Si](C)(C)C. The lowest BCUT2D eigenvalue weighted by atomic mass is 10.5. The summed E-state index contributed by atoms with van der Waals surface area (Å²) in [5.41, 5.74) is 5.96. The first-order valence-corrected chi connectivity index (χ1v) is 6.82. The van der Waals surface area contributed by atoms with Crippen LogP contribution in [0.4, 0.5) is 0 Å². The van der Waals surface area contributed by atoms with E-state index in [1.54, 1.807) is 6.92 Å². The third-order valence-corrected chi connectivity index (χ3v) is 2.72. The number of hydrogen-bond donors (Lipinski definition) is 1. The van der Waals surface area contributed by atoms with Crippen LogP contribution < -0.4 is 5.73 Å². The lowest BCUT2D eigenvalue weighted by Crippen LogP contribution is -2.32. The number of nitrogens with two attached hydrogens (primary N) is 1. The molecule has 0 aromatic rings. The highest BCUT2D eigenvalue weighted by Gasteiger charge is 2.21. The summed E-state index contributed by atoms with van der Waals surface area (Å²) in [6.07, 6.45) is 1.53. The molecule has 0 aromatic heterocycles. The molecule has 0 aliphatic rings. The topological polar surface area (TPSA) is 43.1 Å². The van der Waals surface area contributed by atoms with E-state index in [9.17, 15) is 4.79 Å². The van der Waals surface area contributed by atoms with Gasteiger partial charge in [0, 0.05) is 5.70 Å². The molecule has 0 saturated heterocycles. The summed E-state index contributed by atoms with van der Waals surface area (Å²) in [5, 5.41) is 0.215. The monoisotopic (exact) mass is 157 g/mol. The van der Waals surface area contributed by atoms with Crippen molar-refractivity contribution in [3.63, 3.8) is 0 Å². The summed E-state index contributed by atoms with van der Waals surface area (Å²) < 4.78 is 0. The Morgan fingerprint density at radius 3 is 1.90 bits per heavy atom. The average molecular weight is 157 g/mol. The molecule has 0 radical (unpaired) electrons. The molecule has 0 fully saturated rings. The maximum Gasteiger partial charge on any atom is 0.134 e. The van der Waals surface area contributed by atoms with Gasteiger partial charge in [-0.1, -0.05) is 19.6 Å². The Balaban J connectivity index is 4.27. The zero-order valence-corrected chi connectivity index (χ0v) is 8.06. The van der Waals surface area contributed by atoms with Crippen LogP contribution >= 0.6 is 0 Å².